The van der Waals surface area contributed by atoms with Gasteiger partial charge in [0.25, 0.3) is 0 Å². The van der Waals surface area contributed by atoms with Crippen LogP contribution >= 0.6 is 23.1 Å². The summed E-state index contributed by atoms with van der Waals surface area (Å²) in [5.74, 6) is 1.87. The number of thiophene rings is 1. The molecule has 0 spiro atoms. The van der Waals surface area contributed by atoms with E-state index in [4.69, 9.17) is 4.52 Å². The Bertz CT molecular complexity index is 951. The summed E-state index contributed by atoms with van der Waals surface area (Å²) in [6.07, 6.45) is 3.29. The smallest absolute Gasteiger partial charge is 0.227 e. The fraction of sp³-hybridized carbons (Fsp3) is 0.435. The monoisotopic (exact) mass is 441 g/mol. The first-order valence-corrected chi connectivity index (χ1v) is 12.3. The molecule has 1 amide bonds. The van der Waals surface area contributed by atoms with E-state index in [-0.39, 0.29) is 5.91 Å². The van der Waals surface area contributed by atoms with E-state index in [2.05, 4.69) is 48.3 Å². The number of likely N-dealkylation sites (tertiary alicyclic amines) is 1. The third-order valence-corrected chi connectivity index (χ3v) is 6.93. The number of carbonyl (C=O) groups is 1. The summed E-state index contributed by atoms with van der Waals surface area (Å²) in [7, 11) is 0. The Balaban J connectivity index is 1.31. The summed E-state index contributed by atoms with van der Waals surface area (Å²) in [6.45, 7) is 5.97. The first kappa shape index (κ1) is 21.1. The lowest BCUT2D eigenvalue weighted by molar-refractivity contribution is -0.132. The molecule has 0 N–H and O–H groups in total. The van der Waals surface area contributed by atoms with Crippen LogP contribution in [0.25, 0.3) is 11.4 Å². The third-order valence-electron chi connectivity index (χ3n) is 5.23. The lowest BCUT2D eigenvalue weighted by Gasteiger charge is -2.32. The van der Waals surface area contributed by atoms with Crippen molar-refractivity contribution in [3.8, 4) is 11.4 Å². The van der Waals surface area contributed by atoms with Crippen molar-refractivity contribution in [1.29, 1.82) is 0 Å². The molecule has 1 aromatic carbocycles. The summed E-state index contributed by atoms with van der Waals surface area (Å²) < 4.78 is 5.46. The molecule has 2 aromatic heterocycles. The molecule has 0 radical (unpaired) electrons. The minimum Gasteiger partial charge on any atom is -0.342 e. The molecule has 1 fully saturated rings. The highest BCUT2D eigenvalue weighted by atomic mass is 32.2. The van der Waals surface area contributed by atoms with Crippen molar-refractivity contribution < 1.29 is 9.32 Å². The van der Waals surface area contributed by atoms with Gasteiger partial charge in [0, 0.05) is 40.6 Å². The van der Waals surface area contributed by atoms with Gasteiger partial charge in [0.2, 0.25) is 17.6 Å². The molecule has 1 aliphatic rings. The number of piperidine rings is 1. The summed E-state index contributed by atoms with van der Waals surface area (Å²) >= 11 is 3.46. The van der Waals surface area contributed by atoms with Crippen LogP contribution in [-0.2, 0) is 17.6 Å². The van der Waals surface area contributed by atoms with Gasteiger partial charge in [-0.05, 0) is 47.9 Å². The van der Waals surface area contributed by atoms with Crippen LogP contribution in [0.3, 0.4) is 0 Å². The summed E-state index contributed by atoms with van der Waals surface area (Å²) in [5, 5.41) is 8.68. The Morgan fingerprint density at radius 2 is 2.13 bits per heavy atom. The average Bonchev–Trinajstić information content (AvgIpc) is 3.41. The van der Waals surface area contributed by atoms with Crippen LogP contribution in [0.4, 0.5) is 0 Å². The molecule has 1 aliphatic heterocycles. The molecular weight excluding hydrogens is 414 g/mol. The fourth-order valence-corrected chi connectivity index (χ4v) is 5.27. The van der Waals surface area contributed by atoms with Gasteiger partial charge in [0.1, 0.15) is 0 Å². The molecule has 7 heteroatoms. The zero-order valence-corrected chi connectivity index (χ0v) is 19.0. The summed E-state index contributed by atoms with van der Waals surface area (Å²) in [4.78, 5) is 20.6. The van der Waals surface area contributed by atoms with Gasteiger partial charge in [-0.3, -0.25) is 4.79 Å². The third kappa shape index (κ3) is 5.52. The van der Waals surface area contributed by atoms with Gasteiger partial charge >= 0.3 is 0 Å². The van der Waals surface area contributed by atoms with Gasteiger partial charge in [0.15, 0.2) is 0 Å². The van der Waals surface area contributed by atoms with Crippen LogP contribution in [0.2, 0.25) is 0 Å². The van der Waals surface area contributed by atoms with Gasteiger partial charge in [0.05, 0.1) is 6.42 Å². The highest BCUT2D eigenvalue weighted by Gasteiger charge is 2.25. The Morgan fingerprint density at radius 1 is 1.30 bits per heavy atom. The second-order valence-electron chi connectivity index (χ2n) is 8.06. The maximum Gasteiger partial charge on any atom is 0.227 e. The van der Waals surface area contributed by atoms with Crippen molar-refractivity contribution in [3.05, 3.63) is 52.5 Å². The number of hydrogen-bond donors (Lipinski definition) is 0. The van der Waals surface area contributed by atoms with Crippen molar-refractivity contribution in [2.75, 3.05) is 13.1 Å². The van der Waals surface area contributed by atoms with Crippen LogP contribution in [-0.4, -0.2) is 39.3 Å². The molecule has 4 rings (SSSR count). The molecule has 0 aliphatic carbocycles. The predicted octanol–water partition coefficient (Wildman–Crippen LogP) is 5.32. The molecule has 1 atom stereocenters. The van der Waals surface area contributed by atoms with Gasteiger partial charge in [-0.25, -0.2) is 0 Å². The highest BCUT2D eigenvalue weighted by molar-refractivity contribution is 7.99. The standard InChI is InChI=1S/C23H27N3O2S2/c1-16(2)30-20-7-5-17(6-8-20)13-22(27)26-10-3-4-18(14-26)12-21-24-23(25-28-21)19-9-11-29-15-19/h5-9,11,15-16,18H,3-4,10,12-14H2,1-2H3. The number of nitrogens with zero attached hydrogens (tertiary/aromatic N) is 3. The topological polar surface area (TPSA) is 59.2 Å². The molecule has 30 heavy (non-hydrogen) atoms. The molecule has 0 bridgehead atoms. The quantitative estimate of drug-likeness (QED) is 0.464. The minimum atomic E-state index is 0.202. The normalized spacial score (nSPS) is 16.9. The molecule has 0 saturated carbocycles. The van der Waals surface area contributed by atoms with Crippen molar-refractivity contribution >= 4 is 29.0 Å². The number of carbonyl (C=O) groups excluding carboxylic acids is 1. The number of benzene rings is 1. The molecule has 158 valence electrons. The number of aromatic nitrogens is 2. The molecule has 3 aromatic rings. The molecular formula is C23H27N3O2S2. The Kier molecular flexibility index (Phi) is 6.89. The molecule has 1 saturated heterocycles. The van der Waals surface area contributed by atoms with Crippen molar-refractivity contribution in [3.63, 3.8) is 0 Å². The van der Waals surface area contributed by atoms with Crippen molar-refractivity contribution in [2.24, 2.45) is 5.92 Å². The Labute approximate surface area is 185 Å². The van der Waals surface area contributed by atoms with Gasteiger partial charge in [-0.2, -0.15) is 16.3 Å². The van der Waals surface area contributed by atoms with Gasteiger partial charge in [-0.1, -0.05) is 31.1 Å². The molecule has 3 heterocycles. The molecule has 1 unspecified atom stereocenters. The Morgan fingerprint density at radius 3 is 2.87 bits per heavy atom. The van der Waals surface area contributed by atoms with E-state index in [0.717, 1.165) is 43.5 Å². The van der Waals surface area contributed by atoms with Crippen LogP contribution in [0, 0.1) is 5.92 Å². The lowest BCUT2D eigenvalue weighted by atomic mass is 9.94. The zero-order chi connectivity index (χ0) is 20.9. The van der Waals surface area contributed by atoms with E-state index in [1.807, 2.05) is 33.5 Å². The van der Waals surface area contributed by atoms with E-state index in [1.54, 1.807) is 11.3 Å². The van der Waals surface area contributed by atoms with Crippen LogP contribution in [0.15, 0.2) is 50.5 Å². The van der Waals surface area contributed by atoms with Gasteiger partial charge in [-0.15, -0.1) is 11.8 Å². The largest absolute Gasteiger partial charge is 0.342 e. The summed E-state index contributed by atoms with van der Waals surface area (Å²) in [5.41, 5.74) is 2.07. The Hall–Kier alpha value is -2.12. The first-order chi connectivity index (χ1) is 14.6. The van der Waals surface area contributed by atoms with Gasteiger partial charge < -0.3 is 9.42 Å². The number of rotatable bonds is 7. The second-order valence-corrected chi connectivity index (χ2v) is 10.5. The SMILES string of the molecule is CC(C)Sc1ccc(CC(=O)N2CCCC(Cc3nc(-c4ccsc4)no3)C2)cc1. The van der Waals surface area contributed by atoms with Crippen LogP contribution < -0.4 is 0 Å². The van der Waals surface area contributed by atoms with E-state index < -0.39 is 0 Å². The minimum absolute atomic E-state index is 0.202. The van der Waals surface area contributed by atoms with E-state index in [0.29, 0.717) is 29.3 Å². The molecule has 5 nitrogen and oxygen atoms in total. The fourth-order valence-electron chi connectivity index (χ4n) is 3.80. The number of amides is 1. The first-order valence-electron chi connectivity index (χ1n) is 10.5. The number of hydrogen-bond acceptors (Lipinski definition) is 6. The zero-order valence-electron chi connectivity index (χ0n) is 17.4. The van der Waals surface area contributed by atoms with E-state index >= 15 is 0 Å². The maximum atomic E-state index is 12.9. The van der Waals surface area contributed by atoms with Crippen molar-refractivity contribution in [2.45, 2.75) is 49.7 Å². The summed E-state index contributed by atoms with van der Waals surface area (Å²) in [6, 6.07) is 10.4. The second kappa shape index (κ2) is 9.79. The van der Waals surface area contributed by atoms with Crippen LogP contribution in [0.1, 0.15) is 38.1 Å². The van der Waals surface area contributed by atoms with Crippen LogP contribution in [0.5, 0.6) is 0 Å². The maximum absolute atomic E-state index is 12.9. The van der Waals surface area contributed by atoms with E-state index in [9.17, 15) is 4.79 Å². The van der Waals surface area contributed by atoms with Crippen molar-refractivity contribution in [1.82, 2.24) is 15.0 Å². The van der Waals surface area contributed by atoms with E-state index in [1.165, 1.54) is 4.90 Å². The lowest BCUT2D eigenvalue weighted by Crippen LogP contribution is -2.41. The number of thioether (sulfide) groups is 1. The average molecular weight is 442 g/mol. The highest BCUT2D eigenvalue weighted by Crippen LogP contribution is 2.25. The predicted molar refractivity (Wildman–Crippen MR) is 122 cm³/mol.